The molecule has 1 unspecified atom stereocenters. The van der Waals surface area contributed by atoms with Gasteiger partial charge in [-0.15, -0.1) is 24.4 Å². The van der Waals surface area contributed by atoms with Gasteiger partial charge in [0.2, 0.25) is 5.91 Å². The number of hydrogen-bond acceptors (Lipinski definition) is 5. The van der Waals surface area contributed by atoms with Gasteiger partial charge in [0.05, 0.1) is 11.8 Å². The van der Waals surface area contributed by atoms with E-state index < -0.39 is 5.97 Å². The molecule has 1 fully saturated rings. The van der Waals surface area contributed by atoms with Crippen LogP contribution in [0, 0.1) is 0 Å². The molecule has 0 aromatic rings. The van der Waals surface area contributed by atoms with E-state index in [4.69, 9.17) is 4.74 Å². The van der Waals surface area contributed by atoms with Crippen LogP contribution in [0.4, 0.5) is 0 Å². The normalized spacial score (nSPS) is 24.9. The lowest BCUT2D eigenvalue weighted by Gasteiger charge is -2.42. The second-order valence-electron chi connectivity index (χ2n) is 2.91. The Labute approximate surface area is 91.1 Å². The highest BCUT2D eigenvalue weighted by atomic mass is 32.2. The number of nitrogens with zero attached hydrogens (tertiary/aromatic N) is 1. The molecule has 1 amide bonds. The SMILES string of the molecule is O=C(OCS)C1=CCSC2CC(=O)N12. The highest BCUT2D eigenvalue weighted by Gasteiger charge is 2.43. The number of esters is 1. The Bertz CT molecular complexity index is 316. The van der Waals surface area contributed by atoms with Crippen LogP contribution in [0.2, 0.25) is 0 Å². The number of rotatable bonds is 2. The van der Waals surface area contributed by atoms with Crippen molar-refractivity contribution in [3.05, 3.63) is 11.8 Å². The molecule has 76 valence electrons. The van der Waals surface area contributed by atoms with Gasteiger partial charge in [0.25, 0.3) is 0 Å². The van der Waals surface area contributed by atoms with Crippen molar-refractivity contribution in [1.82, 2.24) is 4.90 Å². The third kappa shape index (κ3) is 1.52. The fourth-order valence-electron chi connectivity index (χ4n) is 1.46. The van der Waals surface area contributed by atoms with E-state index in [0.29, 0.717) is 12.1 Å². The highest BCUT2D eigenvalue weighted by molar-refractivity contribution is 8.00. The molecule has 2 aliphatic rings. The van der Waals surface area contributed by atoms with E-state index in [-0.39, 0.29) is 17.2 Å². The number of carbonyl (C=O) groups excluding carboxylic acids is 2. The van der Waals surface area contributed by atoms with Crippen LogP contribution in [0.25, 0.3) is 0 Å². The zero-order chi connectivity index (χ0) is 10.1. The van der Waals surface area contributed by atoms with E-state index in [9.17, 15) is 9.59 Å². The molecule has 14 heavy (non-hydrogen) atoms. The molecule has 6 heteroatoms. The van der Waals surface area contributed by atoms with E-state index in [1.165, 1.54) is 4.90 Å². The van der Waals surface area contributed by atoms with Crippen molar-refractivity contribution in [2.45, 2.75) is 11.8 Å². The van der Waals surface area contributed by atoms with Gasteiger partial charge in [0.15, 0.2) is 0 Å². The van der Waals surface area contributed by atoms with Gasteiger partial charge in [0, 0.05) is 5.75 Å². The van der Waals surface area contributed by atoms with Gasteiger partial charge < -0.3 is 4.74 Å². The number of hydrogen-bond donors (Lipinski definition) is 1. The Kier molecular flexibility index (Phi) is 2.73. The number of fused-ring (bicyclic) bond motifs is 1. The second kappa shape index (κ2) is 3.86. The van der Waals surface area contributed by atoms with Crippen LogP contribution in [-0.2, 0) is 14.3 Å². The van der Waals surface area contributed by atoms with E-state index in [2.05, 4.69) is 12.6 Å². The minimum Gasteiger partial charge on any atom is -0.450 e. The Morgan fingerprint density at radius 1 is 1.79 bits per heavy atom. The number of thioether (sulfide) groups is 1. The van der Waals surface area contributed by atoms with Crippen molar-refractivity contribution >= 4 is 36.3 Å². The topological polar surface area (TPSA) is 46.6 Å². The standard InChI is InChI=1S/C8H9NO3S2/c10-6-3-7-9(6)5(1-2-14-7)8(11)12-4-13/h1,7,13H,2-4H2. The summed E-state index contributed by atoms with van der Waals surface area (Å²) >= 11 is 5.45. The van der Waals surface area contributed by atoms with E-state index in [1.54, 1.807) is 17.8 Å². The van der Waals surface area contributed by atoms with Crippen LogP contribution in [-0.4, -0.2) is 33.8 Å². The summed E-state index contributed by atoms with van der Waals surface area (Å²) in [6, 6.07) is 0. The van der Waals surface area contributed by atoms with Gasteiger partial charge in [-0.25, -0.2) is 4.79 Å². The van der Waals surface area contributed by atoms with Crippen molar-refractivity contribution in [2.75, 3.05) is 11.7 Å². The molecule has 0 aromatic carbocycles. The lowest BCUT2D eigenvalue weighted by Crippen LogP contribution is -2.53. The Balaban J connectivity index is 2.13. The van der Waals surface area contributed by atoms with E-state index in [1.807, 2.05) is 0 Å². The zero-order valence-electron chi connectivity index (χ0n) is 7.30. The molecule has 1 atom stereocenters. The van der Waals surface area contributed by atoms with Gasteiger partial charge in [-0.1, -0.05) is 0 Å². The van der Waals surface area contributed by atoms with Crippen molar-refractivity contribution in [2.24, 2.45) is 0 Å². The molecular weight excluding hydrogens is 222 g/mol. The summed E-state index contributed by atoms with van der Waals surface area (Å²) in [7, 11) is 0. The number of carbonyl (C=O) groups is 2. The molecule has 2 heterocycles. The predicted octanol–water partition coefficient (Wildman–Crippen LogP) is 0.606. The van der Waals surface area contributed by atoms with Crippen LogP contribution in [0.1, 0.15) is 6.42 Å². The zero-order valence-corrected chi connectivity index (χ0v) is 9.01. The van der Waals surface area contributed by atoms with Crippen LogP contribution in [0.5, 0.6) is 0 Å². The molecule has 0 aromatic heterocycles. The molecule has 2 rings (SSSR count). The Morgan fingerprint density at radius 3 is 3.21 bits per heavy atom. The maximum Gasteiger partial charge on any atom is 0.355 e. The van der Waals surface area contributed by atoms with Gasteiger partial charge in [-0.2, -0.15) is 0 Å². The van der Waals surface area contributed by atoms with Gasteiger partial charge in [-0.3, -0.25) is 9.69 Å². The average Bonchev–Trinajstić information content (AvgIpc) is 2.16. The monoisotopic (exact) mass is 231 g/mol. The molecule has 0 bridgehead atoms. The van der Waals surface area contributed by atoms with Gasteiger partial charge >= 0.3 is 5.97 Å². The van der Waals surface area contributed by atoms with Crippen LogP contribution in [0.3, 0.4) is 0 Å². The lowest BCUT2D eigenvalue weighted by molar-refractivity contribution is -0.148. The average molecular weight is 231 g/mol. The highest BCUT2D eigenvalue weighted by Crippen LogP contribution is 2.37. The first-order chi connectivity index (χ1) is 6.74. The predicted molar refractivity (Wildman–Crippen MR) is 55.7 cm³/mol. The molecule has 1 saturated heterocycles. The van der Waals surface area contributed by atoms with Crippen molar-refractivity contribution < 1.29 is 14.3 Å². The van der Waals surface area contributed by atoms with Gasteiger partial charge in [-0.05, 0) is 6.08 Å². The molecule has 0 N–H and O–H groups in total. The van der Waals surface area contributed by atoms with E-state index in [0.717, 1.165) is 5.75 Å². The van der Waals surface area contributed by atoms with E-state index >= 15 is 0 Å². The summed E-state index contributed by atoms with van der Waals surface area (Å²) in [5.41, 5.74) is 0.374. The summed E-state index contributed by atoms with van der Waals surface area (Å²) in [5, 5.41) is 0.134. The fourth-order valence-corrected chi connectivity index (χ4v) is 2.69. The maximum absolute atomic E-state index is 11.4. The first-order valence-corrected chi connectivity index (χ1v) is 5.84. The lowest BCUT2D eigenvalue weighted by atomic mass is 10.1. The molecule has 0 radical (unpaired) electrons. The third-order valence-electron chi connectivity index (χ3n) is 2.14. The third-order valence-corrected chi connectivity index (χ3v) is 3.39. The first kappa shape index (κ1) is 9.92. The number of amides is 1. The quantitative estimate of drug-likeness (QED) is 0.327. The maximum atomic E-state index is 11.4. The molecule has 0 spiro atoms. The summed E-state index contributed by atoms with van der Waals surface area (Å²) in [6.07, 6.45) is 2.25. The largest absolute Gasteiger partial charge is 0.450 e. The van der Waals surface area contributed by atoms with Crippen LogP contribution < -0.4 is 0 Å². The molecule has 4 nitrogen and oxygen atoms in total. The van der Waals surface area contributed by atoms with Gasteiger partial charge in [0.1, 0.15) is 11.6 Å². The summed E-state index contributed by atoms with van der Waals surface area (Å²) in [6.45, 7) is 0. The summed E-state index contributed by atoms with van der Waals surface area (Å²) < 4.78 is 4.74. The molecule has 0 aliphatic carbocycles. The smallest absolute Gasteiger partial charge is 0.355 e. The van der Waals surface area contributed by atoms with Crippen molar-refractivity contribution in [1.29, 1.82) is 0 Å². The van der Waals surface area contributed by atoms with Crippen molar-refractivity contribution in [3.8, 4) is 0 Å². The van der Waals surface area contributed by atoms with Crippen LogP contribution in [0.15, 0.2) is 11.8 Å². The number of ether oxygens (including phenoxy) is 1. The van der Waals surface area contributed by atoms with Crippen LogP contribution >= 0.6 is 24.4 Å². The number of thiol groups is 1. The summed E-state index contributed by atoms with van der Waals surface area (Å²) in [4.78, 5) is 24.1. The molecule has 2 aliphatic heterocycles. The minimum atomic E-state index is -0.460. The number of β-lactam (4-membered cyclic amide) rings is 1. The Hall–Kier alpha value is -0.620. The second-order valence-corrected chi connectivity index (χ2v) is 4.38. The molecule has 0 saturated carbocycles. The molecular formula is C8H9NO3S2. The minimum absolute atomic E-state index is 0.00966. The fraction of sp³-hybridized carbons (Fsp3) is 0.500. The Morgan fingerprint density at radius 2 is 2.57 bits per heavy atom. The summed E-state index contributed by atoms with van der Waals surface area (Å²) in [5.74, 6) is 0.324. The first-order valence-electron chi connectivity index (χ1n) is 4.16. The van der Waals surface area contributed by atoms with Crippen molar-refractivity contribution in [3.63, 3.8) is 0 Å².